The molecule has 0 unspecified atom stereocenters. The number of fused-ring (bicyclic) bond motifs is 1. The Morgan fingerprint density at radius 2 is 1.71 bits per heavy atom. The molecule has 144 valence electrons. The van der Waals surface area contributed by atoms with E-state index in [1.54, 1.807) is 42.6 Å². The maximum atomic E-state index is 12.7. The molecule has 1 aromatic heterocycles. The number of rotatable bonds is 7. The summed E-state index contributed by atoms with van der Waals surface area (Å²) in [5.41, 5.74) is 6.16. The lowest BCUT2D eigenvalue weighted by Crippen LogP contribution is -2.45. The van der Waals surface area contributed by atoms with Crippen LogP contribution in [0.3, 0.4) is 0 Å². The van der Waals surface area contributed by atoms with Crippen LogP contribution >= 0.6 is 0 Å². The minimum absolute atomic E-state index is 0.128. The molecule has 0 aliphatic rings. The third kappa shape index (κ3) is 4.34. The van der Waals surface area contributed by atoms with E-state index in [9.17, 15) is 18.0 Å². The molecule has 0 spiro atoms. The number of amides is 2. The van der Waals surface area contributed by atoms with Gasteiger partial charge in [0.25, 0.3) is 5.91 Å². The number of nitrogens with one attached hydrogen (secondary N) is 1. The fourth-order valence-corrected chi connectivity index (χ4v) is 4.18. The highest BCUT2D eigenvalue weighted by atomic mass is 32.2. The number of carbonyl (C=O) groups excluding carboxylic acids is 2. The quantitative estimate of drug-likeness (QED) is 0.629. The van der Waals surface area contributed by atoms with Gasteiger partial charge in [-0.05, 0) is 30.7 Å². The first-order valence-corrected chi connectivity index (χ1v) is 10.3. The molecule has 28 heavy (non-hydrogen) atoms. The fourth-order valence-electron chi connectivity index (χ4n) is 2.83. The molecular formula is C20H19N3O4S. The Kier molecular flexibility index (Phi) is 5.70. The van der Waals surface area contributed by atoms with Crippen molar-refractivity contribution in [2.45, 2.75) is 17.4 Å². The second-order valence-corrected chi connectivity index (χ2v) is 8.34. The number of aromatic nitrogens is 1. The van der Waals surface area contributed by atoms with Gasteiger partial charge in [-0.2, -0.15) is 0 Å². The van der Waals surface area contributed by atoms with Gasteiger partial charge in [-0.3, -0.25) is 14.6 Å². The smallest absolute Gasteiger partial charge is 0.254 e. The van der Waals surface area contributed by atoms with Gasteiger partial charge in [-0.1, -0.05) is 36.4 Å². The lowest BCUT2D eigenvalue weighted by molar-refractivity contribution is -0.119. The summed E-state index contributed by atoms with van der Waals surface area (Å²) < 4.78 is 24.8. The van der Waals surface area contributed by atoms with E-state index in [-0.39, 0.29) is 22.6 Å². The molecule has 1 heterocycles. The first-order chi connectivity index (χ1) is 13.4. The summed E-state index contributed by atoms with van der Waals surface area (Å²) in [6.45, 7) is 0. The molecular weight excluding hydrogens is 378 g/mol. The number of benzene rings is 2. The van der Waals surface area contributed by atoms with Gasteiger partial charge in [0.15, 0.2) is 9.84 Å². The Balaban J connectivity index is 1.76. The van der Waals surface area contributed by atoms with E-state index in [4.69, 9.17) is 5.73 Å². The average molecular weight is 397 g/mol. The molecule has 3 N–H and O–H groups in total. The van der Waals surface area contributed by atoms with Gasteiger partial charge in [0.05, 0.1) is 21.7 Å². The van der Waals surface area contributed by atoms with Crippen molar-refractivity contribution in [2.75, 3.05) is 5.75 Å². The largest absolute Gasteiger partial charge is 0.368 e. The standard InChI is InChI=1S/C20H19N3O4S/c21-19(24)17(11-13-28(26,27)15-8-2-1-3-9-15)23-20(25)16-10-4-6-14-7-5-12-22-18(14)16/h1-10,12,17H,11,13H2,(H2,21,24)(H,23,25)/t17-/m1/s1. The second kappa shape index (κ2) is 8.18. The van der Waals surface area contributed by atoms with Gasteiger partial charge in [-0.15, -0.1) is 0 Å². The Morgan fingerprint density at radius 1 is 1.00 bits per heavy atom. The SMILES string of the molecule is NC(=O)[C@@H](CCS(=O)(=O)c1ccccc1)NC(=O)c1cccc2cccnc12. The number of hydrogen-bond donors (Lipinski definition) is 2. The topological polar surface area (TPSA) is 119 Å². The number of para-hydroxylation sites is 1. The molecule has 0 fully saturated rings. The van der Waals surface area contributed by atoms with E-state index >= 15 is 0 Å². The predicted molar refractivity (Wildman–Crippen MR) is 105 cm³/mol. The Morgan fingerprint density at radius 3 is 2.43 bits per heavy atom. The van der Waals surface area contributed by atoms with Crippen LogP contribution in [-0.2, 0) is 14.6 Å². The zero-order valence-corrected chi connectivity index (χ0v) is 15.7. The summed E-state index contributed by atoms with van der Waals surface area (Å²) in [4.78, 5) is 28.8. The maximum Gasteiger partial charge on any atom is 0.254 e. The molecule has 7 nitrogen and oxygen atoms in total. The third-order valence-electron chi connectivity index (χ3n) is 4.30. The second-order valence-electron chi connectivity index (χ2n) is 6.23. The van der Waals surface area contributed by atoms with E-state index in [2.05, 4.69) is 10.3 Å². The summed E-state index contributed by atoms with van der Waals surface area (Å²) in [5.74, 6) is -1.66. The van der Waals surface area contributed by atoms with Gasteiger partial charge in [-0.25, -0.2) is 8.42 Å². The summed E-state index contributed by atoms with van der Waals surface area (Å²) in [6.07, 6.45) is 1.44. The van der Waals surface area contributed by atoms with E-state index in [1.165, 1.54) is 12.1 Å². The molecule has 0 aliphatic heterocycles. The molecule has 2 amide bonds. The van der Waals surface area contributed by atoms with Crippen LogP contribution in [0.4, 0.5) is 0 Å². The monoisotopic (exact) mass is 397 g/mol. The summed E-state index contributed by atoms with van der Waals surface area (Å²) in [7, 11) is -3.60. The minimum Gasteiger partial charge on any atom is -0.368 e. The van der Waals surface area contributed by atoms with Crippen LogP contribution in [0.2, 0.25) is 0 Å². The van der Waals surface area contributed by atoms with Gasteiger partial charge in [0.2, 0.25) is 5.91 Å². The highest BCUT2D eigenvalue weighted by Gasteiger charge is 2.24. The van der Waals surface area contributed by atoms with Crippen LogP contribution in [0.5, 0.6) is 0 Å². The highest BCUT2D eigenvalue weighted by molar-refractivity contribution is 7.91. The zero-order chi connectivity index (χ0) is 20.1. The summed E-state index contributed by atoms with van der Waals surface area (Å²) >= 11 is 0. The highest BCUT2D eigenvalue weighted by Crippen LogP contribution is 2.17. The van der Waals surface area contributed by atoms with Crippen LogP contribution in [0.25, 0.3) is 10.9 Å². The van der Waals surface area contributed by atoms with Gasteiger partial charge in [0, 0.05) is 11.6 Å². The minimum atomic E-state index is -3.60. The zero-order valence-electron chi connectivity index (χ0n) is 14.9. The van der Waals surface area contributed by atoms with Crippen LogP contribution in [0.15, 0.2) is 71.8 Å². The molecule has 0 saturated heterocycles. The van der Waals surface area contributed by atoms with Crippen molar-refractivity contribution < 1.29 is 18.0 Å². The van der Waals surface area contributed by atoms with Crippen molar-refractivity contribution in [3.05, 3.63) is 72.4 Å². The number of carbonyl (C=O) groups is 2. The predicted octanol–water partition coefficient (Wildman–Crippen LogP) is 1.68. The van der Waals surface area contributed by atoms with Crippen LogP contribution in [0.1, 0.15) is 16.8 Å². The molecule has 2 aromatic carbocycles. The van der Waals surface area contributed by atoms with Crippen molar-refractivity contribution in [3.8, 4) is 0 Å². The molecule has 0 aliphatic carbocycles. The summed E-state index contributed by atoms with van der Waals surface area (Å²) in [6, 6.07) is 15.5. The molecule has 0 radical (unpaired) electrons. The lowest BCUT2D eigenvalue weighted by atomic mass is 10.1. The van der Waals surface area contributed by atoms with Crippen molar-refractivity contribution in [1.82, 2.24) is 10.3 Å². The molecule has 1 atom stereocenters. The number of hydrogen-bond acceptors (Lipinski definition) is 5. The average Bonchev–Trinajstić information content (AvgIpc) is 2.71. The molecule has 0 bridgehead atoms. The van der Waals surface area contributed by atoms with Gasteiger partial charge < -0.3 is 11.1 Å². The maximum absolute atomic E-state index is 12.7. The lowest BCUT2D eigenvalue weighted by Gasteiger charge is -2.16. The summed E-state index contributed by atoms with van der Waals surface area (Å²) in [5, 5.41) is 3.31. The third-order valence-corrected chi connectivity index (χ3v) is 6.07. The number of nitrogens with two attached hydrogens (primary N) is 1. The van der Waals surface area contributed by atoms with E-state index < -0.39 is 27.7 Å². The van der Waals surface area contributed by atoms with Gasteiger partial charge in [0.1, 0.15) is 6.04 Å². The van der Waals surface area contributed by atoms with E-state index in [1.807, 2.05) is 12.1 Å². The number of primary amides is 1. The Hall–Kier alpha value is -3.26. The van der Waals surface area contributed by atoms with Crippen LogP contribution in [-0.4, -0.2) is 37.0 Å². The molecule has 0 saturated carbocycles. The Labute approximate surface area is 162 Å². The van der Waals surface area contributed by atoms with E-state index in [0.717, 1.165) is 5.39 Å². The number of pyridine rings is 1. The van der Waals surface area contributed by atoms with Crippen molar-refractivity contribution in [3.63, 3.8) is 0 Å². The molecule has 3 aromatic rings. The van der Waals surface area contributed by atoms with Crippen LogP contribution < -0.4 is 11.1 Å². The number of nitrogens with zero attached hydrogens (tertiary/aromatic N) is 1. The normalized spacial score (nSPS) is 12.4. The first-order valence-electron chi connectivity index (χ1n) is 8.60. The number of sulfone groups is 1. The molecule has 3 rings (SSSR count). The first kappa shape index (κ1) is 19.5. The Bertz CT molecular complexity index is 1110. The van der Waals surface area contributed by atoms with E-state index in [0.29, 0.717) is 5.52 Å². The van der Waals surface area contributed by atoms with Crippen LogP contribution in [0, 0.1) is 0 Å². The molecule has 8 heteroatoms. The van der Waals surface area contributed by atoms with Crippen molar-refractivity contribution in [2.24, 2.45) is 5.73 Å². The van der Waals surface area contributed by atoms with Crippen molar-refractivity contribution >= 4 is 32.6 Å². The fraction of sp³-hybridized carbons (Fsp3) is 0.150. The van der Waals surface area contributed by atoms with Crippen molar-refractivity contribution in [1.29, 1.82) is 0 Å². The van der Waals surface area contributed by atoms with Gasteiger partial charge >= 0.3 is 0 Å².